The first-order valence-electron chi connectivity index (χ1n) is 8.69. The van der Waals surface area contributed by atoms with Crippen LogP contribution in [-0.2, 0) is 32.5 Å². The van der Waals surface area contributed by atoms with Crippen LogP contribution in [0.3, 0.4) is 0 Å². The highest BCUT2D eigenvalue weighted by molar-refractivity contribution is 7.88. The van der Waals surface area contributed by atoms with Gasteiger partial charge in [-0.15, -0.1) is 0 Å². The molecule has 7 nitrogen and oxygen atoms in total. The summed E-state index contributed by atoms with van der Waals surface area (Å²) in [7, 11) is -5.80. The Kier molecular flexibility index (Phi) is 5.67. The number of carbonyl (C=O) groups excluding carboxylic acids is 2. The molecule has 1 aromatic carbocycles. The average Bonchev–Trinajstić information content (AvgIpc) is 3.30. The third-order valence-electron chi connectivity index (χ3n) is 4.72. The molecule has 0 aromatic heterocycles. The van der Waals surface area contributed by atoms with Crippen LogP contribution in [-0.4, -0.2) is 44.9 Å². The predicted molar refractivity (Wildman–Crippen MR) is 90.4 cm³/mol. The molecular weight excluding hydrogens is 403 g/mol. The molecule has 1 heterocycles. The lowest BCUT2D eigenvalue weighted by atomic mass is 9.99. The Morgan fingerprint density at radius 1 is 1.14 bits per heavy atom. The number of esters is 1. The minimum Gasteiger partial charge on any atom is -0.456 e. The molecule has 3 rings (SSSR count). The molecule has 28 heavy (non-hydrogen) atoms. The number of hydrogen-bond donors (Lipinski definition) is 1. The van der Waals surface area contributed by atoms with Gasteiger partial charge in [0.1, 0.15) is 11.8 Å². The Bertz CT molecular complexity index is 891. The normalized spacial score (nSPS) is 19.3. The van der Waals surface area contributed by atoms with Gasteiger partial charge < -0.3 is 14.2 Å². The van der Waals surface area contributed by atoms with Crippen molar-refractivity contribution in [3.63, 3.8) is 0 Å². The van der Waals surface area contributed by atoms with E-state index in [1.807, 2.05) is 0 Å². The molecule has 0 amide bonds. The minimum atomic E-state index is -5.80. The number of Topliss-reactive ketones (excluding diaryl/α,β-unsaturated/α-hetero) is 1. The standard InChI is InChI=1S/C17H18F3NO6S/c18-17(19,20)28(24,25)27-15-7-6-11(10-3-1-4-12(10)15)14(22)9-26-16(23)13-5-2-8-21-13/h6-7,13,21H,1-5,8-9H2/t13-/m0/s1. The first kappa shape index (κ1) is 20.6. The number of carbonyl (C=O) groups is 2. The van der Waals surface area contributed by atoms with E-state index in [0.29, 0.717) is 31.4 Å². The molecule has 0 radical (unpaired) electrons. The van der Waals surface area contributed by atoms with E-state index in [0.717, 1.165) is 12.5 Å². The molecule has 11 heteroatoms. The summed E-state index contributed by atoms with van der Waals surface area (Å²) in [6, 6.07) is 1.79. The van der Waals surface area contributed by atoms with Crippen molar-refractivity contribution in [3.05, 3.63) is 28.8 Å². The number of benzene rings is 1. The average molecular weight is 421 g/mol. The maximum atomic E-state index is 12.6. The second-order valence-electron chi connectivity index (χ2n) is 6.58. The van der Waals surface area contributed by atoms with Crippen LogP contribution in [0.25, 0.3) is 0 Å². The third kappa shape index (κ3) is 4.14. The Morgan fingerprint density at radius 2 is 1.86 bits per heavy atom. The smallest absolute Gasteiger partial charge is 0.456 e. The second kappa shape index (κ2) is 7.70. The maximum absolute atomic E-state index is 12.6. The lowest BCUT2D eigenvalue weighted by molar-refractivity contribution is -0.144. The van der Waals surface area contributed by atoms with Crippen molar-refractivity contribution in [3.8, 4) is 5.75 Å². The van der Waals surface area contributed by atoms with Gasteiger partial charge in [0.2, 0.25) is 5.78 Å². The van der Waals surface area contributed by atoms with Crippen LogP contribution in [0, 0.1) is 0 Å². The summed E-state index contributed by atoms with van der Waals surface area (Å²) in [6.07, 6.45) is 2.67. The number of ketones is 1. The fourth-order valence-corrected chi connectivity index (χ4v) is 3.87. The Labute approximate surface area is 159 Å². The quantitative estimate of drug-likeness (QED) is 0.324. The summed E-state index contributed by atoms with van der Waals surface area (Å²) in [5.74, 6) is -1.47. The van der Waals surface area contributed by atoms with Gasteiger partial charge in [0.15, 0.2) is 6.61 Å². The van der Waals surface area contributed by atoms with Gasteiger partial charge in [-0.2, -0.15) is 21.6 Å². The van der Waals surface area contributed by atoms with E-state index in [2.05, 4.69) is 9.50 Å². The molecule has 154 valence electrons. The van der Waals surface area contributed by atoms with E-state index < -0.39 is 45.8 Å². The largest absolute Gasteiger partial charge is 0.534 e. The zero-order valence-electron chi connectivity index (χ0n) is 14.7. The molecule has 0 saturated carbocycles. The molecule has 1 aliphatic heterocycles. The van der Waals surface area contributed by atoms with Crippen LogP contribution in [0.4, 0.5) is 13.2 Å². The fraction of sp³-hybridized carbons (Fsp3) is 0.529. The van der Waals surface area contributed by atoms with Gasteiger partial charge in [0.25, 0.3) is 0 Å². The molecule has 0 bridgehead atoms. The molecule has 1 fully saturated rings. The van der Waals surface area contributed by atoms with Crippen LogP contribution in [0.2, 0.25) is 0 Å². The minimum absolute atomic E-state index is 0.191. The van der Waals surface area contributed by atoms with Crippen molar-refractivity contribution >= 4 is 21.9 Å². The summed E-state index contributed by atoms with van der Waals surface area (Å²) in [5.41, 5.74) is -4.68. The van der Waals surface area contributed by atoms with Gasteiger partial charge >= 0.3 is 21.6 Å². The van der Waals surface area contributed by atoms with E-state index in [1.165, 1.54) is 6.07 Å². The first-order valence-corrected chi connectivity index (χ1v) is 10.1. The molecule has 0 spiro atoms. The van der Waals surface area contributed by atoms with Crippen LogP contribution in [0.1, 0.15) is 40.7 Å². The highest BCUT2D eigenvalue weighted by Gasteiger charge is 2.49. The lowest BCUT2D eigenvalue weighted by Gasteiger charge is -2.15. The van der Waals surface area contributed by atoms with E-state index in [1.54, 1.807) is 0 Å². The molecule has 2 aliphatic rings. The van der Waals surface area contributed by atoms with Crippen LogP contribution < -0.4 is 9.50 Å². The highest BCUT2D eigenvalue weighted by atomic mass is 32.2. The van der Waals surface area contributed by atoms with Crippen LogP contribution >= 0.6 is 0 Å². The Balaban J connectivity index is 1.75. The van der Waals surface area contributed by atoms with Crippen molar-refractivity contribution in [2.45, 2.75) is 43.7 Å². The Morgan fingerprint density at radius 3 is 2.50 bits per heavy atom. The number of ether oxygens (including phenoxy) is 1. The van der Waals surface area contributed by atoms with Crippen molar-refractivity contribution in [1.29, 1.82) is 0 Å². The maximum Gasteiger partial charge on any atom is 0.534 e. The number of hydrogen-bond acceptors (Lipinski definition) is 7. The van der Waals surface area contributed by atoms with E-state index >= 15 is 0 Å². The van der Waals surface area contributed by atoms with Crippen molar-refractivity contribution in [2.24, 2.45) is 0 Å². The van der Waals surface area contributed by atoms with Gasteiger partial charge in [0.05, 0.1) is 0 Å². The zero-order chi connectivity index (χ0) is 20.5. The molecule has 1 atom stereocenters. The molecule has 1 aromatic rings. The van der Waals surface area contributed by atoms with Crippen molar-refractivity contribution in [2.75, 3.05) is 13.2 Å². The van der Waals surface area contributed by atoms with E-state index in [9.17, 15) is 31.2 Å². The Hall–Kier alpha value is -2.14. The number of alkyl halides is 3. The summed E-state index contributed by atoms with van der Waals surface area (Å²) >= 11 is 0. The summed E-state index contributed by atoms with van der Waals surface area (Å²) in [6.45, 7) is 0.202. The highest BCUT2D eigenvalue weighted by Crippen LogP contribution is 2.36. The third-order valence-corrected chi connectivity index (χ3v) is 5.68. The van der Waals surface area contributed by atoms with Crippen LogP contribution in [0.15, 0.2) is 12.1 Å². The van der Waals surface area contributed by atoms with Crippen molar-refractivity contribution in [1.82, 2.24) is 5.32 Å². The predicted octanol–water partition coefficient (Wildman–Crippen LogP) is 1.88. The SMILES string of the molecule is O=C(COC(=O)[C@@H]1CCCN1)c1ccc(OS(=O)(=O)C(F)(F)F)c2c1CCC2. The molecule has 1 saturated heterocycles. The van der Waals surface area contributed by atoms with Gasteiger partial charge in [-0.05, 0) is 61.9 Å². The second-order valence-corrected chi connectivity index (χ2v) is 8.12. The van der Waals surface area contributed by atoms with Gasteiger partial charge in [-0.3, -0.25) is 9.59 Å². The van der Waals surface area contributed by atoms with Gasteiger partial charge in [-0.25, -0.2) is 0 Å². The van der Waals surface area contributed by atoms with Gasteiger partial charge in [-0.1, -0.05) is 0 Å². The zero-order valence-corrected chi connectivity index (χ0v) is 15.5. The number of fused-ring (bicyclic) bond motifs is 1. The lowest BCUT2D eigenvalue weighted by Crippen LogP contribution is -2.33. The molecular formula is C17H18F3NO6S. The number of nitrogens with one attached hydrogen (secondary N) is 1. The van der Waals surface area contributed by atoms with Crippen LogP contribution in [0.5, 0.6) is 5.75 Å². The number of rotatable bonds is 6. The summed E-state index contributed by atoms with van der Waals surface area (Å²) < 4.78 is 69.5. The van der Waals surface area contributed by atoms with Crippen molar-refractivity contribution < 1.29 is 40.1 Å². The van der Waals surface area contributed by atoms with E-state index in [4.69, 9.17) is 4.74 Å². The molecule has 1 aliphatic carbocycles. The van der Waals surface area contributed by atoms with E-state index in [-0.39, 0.29) is 17.5 Å². The molecule has 1 N–H and O–H groups in total. The summed E-state index contributed by atoms with van der Waals surface area (Å²) in [5, 5.41) is 2.95. The fourth-order valence-electron chi connectivity index (χ4n) is 3.38. The molecule has 0 unspecified atom stereocenters. The first-order chi connectivity index (χ1) is 13.1. The summed E-state index contributed by atoms with van der Waals surface area (Å²) in [4.78, 5) is 24.3. The number of halogens is 3. The monoisotopic (exact) mass is 421 g/mol. The topological polar surface area (TPSA) is 98.8 Å². The van der Waals surface area contributed by atoms with Gasteiger partial charge in [0, 0.05) is 5.56 Å².